The molecule has 2 bridgehead atoms. The van der Waals surface area contributed by atoms with E-state index in [4.69, 9.17) is 9.15 Å². The van der Waals surface area contributed by atoms with E-state index in [-0.39, 0.29) is 24.7 Å². The van der Waals surface area contributed by atoms with Crippen LogP contribution in [0.5, 0.6) is 0 Å². The molecule has 0 aliphatic carbocycles. The molecule has 5 rings (SSSR count). The van der Waals surface area contributed by atoms with Crippen LogP contribution >= 0.6 is 0 Å². The number of para-hydroxylation sites is 1. The molecule has 7 heteroatoms. The van der Waals surface area contributed by atoms with Crippen molar-refractivity contribution in [1.29, 1.82) is 0 Å². The van der Waals surface area contributed by atoms with E-state index in [1.165, 1.54) is 4.90 Å². The summed E-state index contributed by atoms with van der Waals surface area (Å²) in [4.78, 5) is 13.6. The first-order chi connectivity index (χ1) is 13.7. The number of benzene rings is 2. The molecule has 1 amide bonds. The van der Waals surface area contributed by atoms with Crippen LogP contribution in [0.1, 0.15) is 35.3 Å². The lowest BCUT2D eigenvalue weighted by atomic mass is 9.73. The summed E-state index contributed by atoms with van der Waals surface area (Å²) in [5.41, 5.74) is 3.82. The van der Waals surface area contributed by atoms with Gasteiger partial charge < -0.3 is 24.1 Å². The third-order valence-corrected chi connectivity index (χ3v) is 5.99. The van der Waals surface area contributed by atoms with Gasteiger partial charge in [-0.25, -0.2) is 0 Å². The summed E-state index contributed by atoms with van der Waals surface area (Å²) in [5.74, 6) is -0.793. The molecule has 0 saturated carbocycles. The number of fused-ring (bicyclic) bond motifs is 6. The summed E-state index contributed by atoms with van der Waals surface area (Å²) in [5, 5.41) is 21.1. The molecule has 28 heavy (non-hydrogen) atoms. The number of amides is 1. The van der Waals surface area contributed by atoms with Gasteiger partial charge in [0.05, 0.1) is 24.4 Å². The molecule has 2 N–H and O–H groups in total. The molecule has 4 atom stereocenters. The first kappa shape index (κ1) is 17.5. The Labute approximate surface area is 162 Å². The maximum atomic E-state index is 12.0. The molecule has 1 fully saturated rings. The van der Waals surface area contributed by atoms with Gasteiger partial charge in [-0.3, -0.25) is 4.79 Å². The molecule has 2 aliphatic rings. The normalized spacial score (nSPS) is 23.6. The van der Waals surface area contributed by atoms with E-state index in [1.807, 2.05) is 42.5 Å². The van der Waals surface area contributed by atoms with Gasteiger partial charge in [0.2, 0.25) is 6.41 Å². The van der Waals surface area contributed by atoms with Crippen molar-refractivity contribution in [2.45, 2.75) is 37.0 Å². The SMILES string of the molecule is O=CN(C1C[C@H]2O[C@H]1c1ccccc12)[C@@H](Cc1coc2ccccc12)B(O)O. The zero-order valence-corrected chi connectivity index (χ0v) is 15.1. The predicted octanol–water partition coefficient (Wildman–Crippen LogP) is 2.40. The number of rotatable bonds is 6. The molecule has 2 aliphatic heterocycles. The fourth-order valence-electron chi connectivity index (χ4n) is 4.67. The number of furan rings is 1. The summed E-state index contributed by atoms with van der Waals surface area (Å²) >= 11 is 0. The van der Waals surface area contributed by atoms with Crippen LogP contribution < -0.4 is 0 Å². The molecule has 0 radical (unpaired) electrons. The molecule has 142 valence electrons. The van der Waals surface area contributed by atoms with Crippen molar-refractivity contribution in [3.8, 4) is 0 Å². The van der Waals surface area contributed by atoms with Crippen LogP contribution in [0.2, 0.25) is 0 Å². The van der Waals surface area contributed by atoms with Crippen molar-refractivity contribution < 1.29 is 24.0 Å². The van der Waals surface area contributed by atoms with Gasteiger partial charge in [0.1, 0.15) is 11.7 Å². The first-order valence-electron chi connectivity index (χ1n) is 9.45. The summed E-state index contributed by atoms with van der Waals surface area (Å²) in [7, 11) is -1.67. The lowest BCUT2D eigenvalue weighted by Crippen LogP contribution is -2.53. The highest BCUT2D eigenvalue weighted by Gasteiger charge is 2.49. The standard InChI is InChI=1S/C21H20BNO5/c24-12-23(17-10-19-15-6-1-2-7-16(15)21(17)28-19)20(22(25)26)9-13-11-27-18-8-4-3-5-14(13)18/h1-8,11-12,17,19-21,25-26H,9-10H2/t17?,19-,20+,21+/m1/s1. The third kappa shape index (κ3) is 2.66. The van der Waals surface area contributed by atoms with E-state index < -0.39 is 13.1 Å². The second-order valence-corrected chi connectivity index (χ2v) is 7.47. The van der Waals surface area contributed by atoms with E-state index >= 15 is 0 Å². The van der Waals surface area contributed by atoms with Gasteiger partial charge in [-0.2, -0.15) is 0 Å². The molecule has 2 aromatic carbocycles. The molecule has 3 heterocycles. The van der Waals surface area contributed by atoms with Crippen LogP contribution in [0.4, 0.5) is 0 Å². The summed E-state index contributed by atoms with van der Waals surface area (Å²) in [6.45, 7) is 0. The minimum Gasteiger partial charge on any atom is -0.464 e. The average Bonchev–Trinajstić information content (AvgIpc) is 3.42. The summed E-state index contributed by atoms with van der Waals surface area (Å²) in [6.07, 6.45) is 2.96. The summed E-state index contributed by atoms with van der Waals surface area (Å²) < 4.78 is 11.7. The number of ether oxygens (including phenoxy) is 1. The van der Waals surface area contributed by atoms with E-state index in [0.29, 0.717) is 12.8 Å². The number of carbonyl (C=O) groups is 1. The van der Waals surface area contributed by atoms with Crippen LogP contribution in [-0.4, -0.2) is 40.5 Å². The topological polar surface area (TPSA) is 83.1 Å². The lowest BCUT2D eigenvalue weighted by Gasteiger charge is -2.36. The monoisotopic (exact) mass is 377 g/mol. The second-order valence-electron chi connectivity index (χ2n) is 7.47. The van der Waals surface area contributed by atoms with Gasteiger partial charge >= 0.3 is 7.12 Å². The molecule has 6 nitrogen and oxygen atoms in total. The Morgan fingerprint density at radius 1 is 1.14 bits per heavy atom. The zero-order chi connectivity index (χ0) is 19.3. The van der Waals surface area contributed by atoms with Gasteiger partial charge in [0.15, 0.2) is 0 Å². The van der Waals surface area contributed by atoms with Gasteiger partial charge in [-0.15, -0.1) is 0 Å². The molecule has 1 saturated heterocycles. The van der Waals surface area contributed by atoms with Gasteiger partial charge in [-0.05, 0) is 29.2 Å². The van der Waals surface area contributed by atoms with Crippen molar-refractivity contribution in [3.05, 3.63) is 71.5 Å². The largest absolute Gasteiger partial charge is 0.476 e. The lowest BCUT2D eigenvalue weighted by molar-refractivity contribution is -0.123. The van der Waals surface area contributed by atoms with Crippen LogP contribution in [0.15, 0.2) is 59.2 Å². The summed E-state index contributed by atoms with van der Waals surface area (Å²) in [6, 6.07) is 15.4. The molecule has 1 unspecified atom stereocenters. The van der Waals surface area contributed by atoms with Gasteiger partial charge in [-0.1, -0.05) is 42.5 Å². The maximum Gasteiger partial charge on any atom is 0.476 e. The Kier molecular flexibility index (Phi) is 4.23. The van der Waals surface area contributed by atoms with Crippen LogP contribution in [-0.2, 0) is 16.0 Å². The van der Waals surface area contributed by atoms with Crippen LogP contribution in [0.3, 0.4) is 0 Å². The quantitative estimate of drug-likeness (QED) is 0.509. The highest BCUT2D eigenvalue weighted by Crippen LogP contribution is 2.52. The highest BCUT2D eigenvalue weighted by molar-refractivity contribution is 6.43. The Bertz CT molecular complexity index is 1020. The fraction of sp³-hybridized carbons (Fsp3) is 0.286. The Hall–Kier alpha value is -2.61. The molecule has 0 spiro atoms. The second kappa shape index (κ2) is 6.77. The van der Waals surface area contributed by atoms with Crippen molar-refractivity contribution in [3.63, 3.8) is 0 Å². The first-order valence-corrected chi connectivity index (χ1v) is 9.45. The van der Waals surface area contributed by atoms with Crippen molar-refractivity contribution in [2.75, 3.05) is 0 Å². The van der Waals surface area contributed by atoms with Crippen molar-refractivity contribution >= 4 is 24.5 Å². The predicted molar refractivity (Wildman–Crippen MR) is 103 cm³/mol. The van der Waals surface area contributed by atoms with Crippen LogP contribution in [0, 0.1) is 0 Å². The van der Waals surface area contributed by atoms with Crippen molar-refractivity contribution in [1.82, 2.24) is 4.90 Å². The number of hydrogen-bond acceptors (Lipinski definition) is 5. The number of nitrogens with zero attached hydrogens (tertiary/aromatic N) is 1. The minimum atomic E-state index is -1.67. The third-order valence-electron chi connectivity index (χ3n) is 5.99. The van der Waals surface area contributed by atoms with Crippen LogP contribution in [0.25, 0.3) is 11.0 Å². The Morgan fingerprint density at radius 2 is 1.89 bits per heavy atom. The van der Waals surface area contributed by atoms with Crippen molar-refractivity contribution in [2.24, 2.45) is 0 Å². The Morgan fingerprint density at radius 3 is 2.68 bits per heavy atom. The van der Waals surface area contributed by atoms with Gasteiger partial charge in [0, 0.05) is 11.8 Å². The Balaban J connectivity index is 1.45. The minimum absolute atomic E-state index is 0.0557. The van der Waals surface area contributed by atoms with E-state index in [1.54, 1.807) is 6.26 Å². The van der Waals surface area contributed by atoms with E-state index in [2.05, 4.69) is 6.07 Å². The number of carbonyl (C=O) groups excluding carboxylic acids is 1. The molecular formula is C21H20BNO5. The molecular weight excluding hydrogens is 357 g/mol. The maximum absolute atomic E-state index is 12.0. The smallest absolute Gasteiger partial charge is 0.464 e. The number of hydrogen-bond donors (Lipinski definition) is 2. The molecule has 3 aromatic rings. The zero-order valence-electron chi connectivity index (χ0n) is 15.1. The molecule has 1 aromatic heterocycles. The van der Waals surface area contributed by atoms with E-state index in [0.717, 1.165) is 27.7 Å². The van der Waals surface area contributed by atoms with E-state index in [9.17, 15) is 14.8 Å². The fourth-order valence-corrected chi connectivity index (χ4v) is 4.67. The highest BCUT2D eigenvalue weighted by atomic mass is 16.5. The van der Waals surface area contributed by atoms with Gasteiger partial charge in [0.25, 0.3) is 0 Å². The average molecular weight is 377 g/mol.